The summed E-state index contributed by atoms with van der Waals surface area (Å²) in [6.07, 6.45) is -1.49. The van der Waals surface area contributed by atoms with E-state index in [1.807, 2.05) is 6.92 Å². The van der Waals surface area contributed by atoms with Crippen LogP contribution < -0.4 is 0 Å². The van der Waals surface area contributed by atoms with Gasteiger partial charge in [0.05, 0.1) is 30.1 Å². The van der Waals surface area contributed by atoms with E-state index >= 15 is 0 Å². The smallest absolute Gasteiger partial charge is 0.124 e. The van der Waals surface area contributed by atoms with Crippen LogP contribution in [0.2, 0.25) is 0 Å². The second kappa shape index (κ2) is 6.14. The van der Waals surface area contributed by atoms with Crippen molar-refractivity contribution in [2.24, 2.45) is 0 Å². The third-order valence-electron chi connectivity index (χ3n) is 3.15. The van der Waals surface area contributed by atoms with E-state index in [1.54, 1.807) is 6.07 Å². The third kappa shape index (κ3) is 2.88. The van der Waals surface area contributed by atoms with Crippen LogP contribution in [0.3, 0.4) is 0 Å². The maximum Gasteiger partial charge on any atom is 0.124 e. The van der Waals surface area contributed by atoms with Gasteiger partial charge in [-0.25, -0.2) is 4.98 Å². The fraction of sp³-hybridized carbons (Fsp3) is 0.500. The molecule has 2 aromatic rings. The van der Waals surface area contributed by atoms with Crippen LogP contribution >= 0.6 is 0 Å². The molecule has 4 atom stereocenters. The number of imidazole rings is 1. The zero-order chi connectivity index (χ0) is 14.7. The molecule has 0 spiro atoms. The van der Waals surface area contributed by atoms with Crippen molar-refractivity contribution in [3.05, 3.63) is 35.7 Å². The average Bonchev–Trinajstić information content (AvgIpc) is 3.14. The number of aromatic nitrogens is 3. The Labute approximate surface area is 114 Å². The van der Waals surface area contributed by atoms with Gasteiger partial charge in [-0.1, -0.05) is 5.16 Å². The molecule has 0 aliphatic rings. The number of aliphatic hydroxyl groups is 4. The molecular formula is C12H17N3O5. The largest absolute Gasteiger partial charge is 0.394 e. The number of nitrogens with zero attached hydrogens (tertiary/aromatic N) is 2. The summed E-state index contributed by atoms with van der Waals surface area (Å²) >= 11 is 0. The number of hydrogen-bond acceptors (Lipinski definition) is 7. The molecule has 0 saturated heterocycles. The Balaban J connectivity index is 2.12. The number of nitrogens with one attached hydrogen (secondary N) is 1. The molecule has 2 aromatic heterocycles. The van der Waals surface area contributed by atoms with Crippen molar-refractivity contribution >= 4 is 0 Å². The first-order valence-corrected chi connectivity index (χ1v) is 6.14. The van der Waals surface area contributed by atoms with Crippen molar-refractivity contribution in [2.75, 3.05) is 6.61 Å². The Hall–Kier alpha value is -1.74. The molecule has 8 heteroatoms. The lowest BCUT2D eigenvalue weighted by atomic mass is 10.1. The van der Waals surface area contributed by atoms with Crippen molar-refractivity contribution in [2.45, 2.75) is 31.2 Å². The Bertz CT molecular complexity index is 527. The molecular weight excluding hydrogens is 266 g/mol. The summed E-state index contributed by atoms with van der Waals surface area (Å²) in [4.78, 5) is 6.97. The summed E-state index contributed by atoms with van der Waals surface area (Å²) in [7, 11) is 0. The molecule has 0 radical (unpaired) electrons. The van der Waals surface area contributed by atoms with Crippen molar-refractivity contribution in [3.63, 3.8) is 0 Å². The van der Waals surface area contributed by atoms with Crippen molar-refractivity contribution in [1.29, 1.82) is 0 Å². The van der Waals surface area contributed by atoms with Crippen LogP contribution in [0.5, 0.6) is 0 Å². The molecule has 0 aliphatic carbocycles. The second-order valence-electron chi connectivity index (χ2n) is 4.56. The predicted molar refractivity (Wildman–Crippen MR) is 66.7 cm³/mol. The van der Waals surface area contributed by atoms with E-state index in [0.29, 0.717) is 11.5 Å². The number of rotatable bonds is 6. The maximum atomic E-state index is 9.89. The van der Waals surface area contributed by atoms with Crippen LogP contribution in [0.1, 0.15) is 36.2 Å². The highest BCUT2D eigenvalue weighted by molar-refractivity contribution is 5.17. The minimum Gasteiger partial charge on any atom is -0.394 e. The van der Waals surface area contributed by atoms with E-state index in [9.17, 15) is 15.3 Å². The predicted octanol–water partition coefficient (Wildman–Crippen LogP) is -0.703. The van der Waals surface area contributed by atoms with Gasteiger partial charge < -0.3 is 29.9 Å². The summed E-state index contributed by atoms with van der Waals surface area (Å²) in [5.74, 6) is 0.369. The Kier molecular flexibility index (Phi) is 4.50. The maximum absolute atomic E-state index is 9.89. The molecule has 0 bridgehead atoms. The topological polar surface area (TPSA) is 136 Å². The third-order valence-corrected chi connectivity index (χ3v) is 3.15. The fourth-order valence-corrected chi connectivity index (χ4v) is 1.81. The van der Waals surface area contributed by atoms with Gasteiger partial charge in [0.25, 0.3) is 0 Å². The number of aromatic amines is 1. The highest BCUT2D eigenvalue weighted by Gasteiger charge is 2.27. The minimum atomic E-state index is -1.50. The molecule has 0 amide bonds. The van der Waals surface area contributed by atoms with Gasteiger partial charge in [0.1, 0.15) is 30.4 Å². The standard InChI is InChI=1S/C12H17N3O5/c1-6(7-2-3-20-15-7)12-13-4-8(14-12)10(18)11(19)9(17)5-16/h2-4,6,9-11,16-19H,5H2,1H3,(H,13,14)/t6?,9-,10-,11-/m1/s1. The summed E-state index contributed by atoms with van der Waals surface area (Å²) in [5.41, 5.74) is 0.923. The van der Waals surface area contributed by atoms with E-state index in [-0.39, 0.29) is 11.6 Å². The number of aliphatic hydroxyl groups excluding tert-OH is 4. The van der Waals surface area contributed by atoms with Gasteiger partial charge in [-0.3, -0.25) is 0 Å². The molecule has 0 fully saturated rings. The van der Waals surface area contributed by atoms with Crippen LogP contribution in [-0.2, 0) is 0 Å². The molecule has 0 aliphatic heterocycles. The highest BCUT2D eigenvalue weighted by atomic mass is 16.5. The molecule has 2 rings (SSSR count). The first-order chi connectivity index (χ1) is 9.54. The van der Waals surface area contributed by atoms with Crippen molar-refractivity contribution in [1.82, 2.24) is 15.1 Å². The van der Waals surface area contributed by atoms with Crippen LogP contribution in [0, 0.1) is 0 Å². The van der Waals surface area contributed by atoms with E-state index in [4.69, 9.17) is 9.63 Å². The molecule has 0 aromatic carbocycles. The zero-order valence-electron chi connectivity index (χ0n) is 10.8. The van der Waals surface area contributed by atoms with E-state index in [2.05, 4.69) is 15.1 Å². The lowest BCUT2D eigenvalue weighted by Gasteiger charge is -2.20. The summed E-state index contributed by atoms with van der Waals surface area (Å²) < 4.78 is 4.75. The van der Waals surface area contributed by atoms with Crippen molar-refractivity contribution < 1.29 is 24.9 Å². The minimum absolute atomic E-state index is 0.172. The number of H-pyrrole nitrogens is 1. The fourth-order valence-electron chi connectivity index (χ4n) is 1.81. The average molecular weight is 283 g/mol. The molecule has 0 saturated carbocycles. The lowest BCUT2D eigenvalue weighted by molar-refractivity contribution is -0.0788. The van der Waals surface area contributed by atoms with Gasteiger partial charge in [-0.15, -0.1) is 0 Å². The summed E-state index contributed by atoms with van der Waals surface area (Å²) in [6, 6.07) is 1.70. The monoisotopic (exact) mass is 283 g/mol. The first kappa shape index (κ1) is 14.7. The number of hydrogen-bond donors (Lipinski definition) is 5. The Morgan fingerprint density at radius 1 is 1.35 bits per heavy atom. The van der Waals surface area contributed by atoms with Gasteiger partial charge in [-0.2, -0.15) is 0 Å². The zero-order valence-corrected chi connectivity index (χ0v) is 10.8. The van der Waals surface area contributed by atoms with Gasteiger partial charge in [0.15, 0.2) is 0 Å². The Morgan fingerprint density at radius 2 is 2.10 bits per heavy atom. The summed E-state index contributed by atoms with van der Waals surface area (Å²) in [6.45, 7) is 1.21. The lowest BCUT2D eigenvalue weighted by Crippen LogP contribution is -2.34. The molecule has 20 heavy (non-hydrogen) atoms. The van der Waals surface area contributed by atoms with Crippen LogP contribution in [0.15, 0.2) is 23.0 Å². The Morgan fingerprint density at radius 3 is 2.70 bits per heavy atom. The van der Waals surface area contributed by atoms with Crippen LogP contribution in [0.25, 0.3) is 0 Å². The molecule has 5 N–H and O–H groups in total. The van der Waals surface area contributed by atoms with Crippen LogP contribution in [-0.4, -0.2) is 54.4 Å². The molecule has 2 heterocycles. The second-order valence-corrected chi connectivity index (χ2v) is 4.56. The normalized spacial score (nSPS) is 17.6. The van der Waals surface area contributed by atoms with Gasteiger partial charge in [0.2, 0.25) is 0 Å². The molecule has 8 nitrogen and oxygen atoms in total. The van der Waals surface area contributed by atoms with E-state index < -0.39 is 24.9 Å². The SMILES string of the molecule is CC(c1ccon1)c1ncc([C@@H](O)[C@H](O)[C@H](O)CO)[nH]1. The van der Waals surface area contributed by atoms with Gasteiger partial charge in [-0.05, 0) is 6.92 Å². The van der Waals surface area contributed by atoms with Gasteiger partial charge >= 0.3 is 0 Å². The highest BCUT2D eigenvalue weighted by Crippen LogP contribution is 2.23. The van der Waals surface area contributed by atoms with E-state index in [0.717, 1.165) is 0 Å². The summed E-state index contributed by atoms with van der Waals surface area (Å²) in [5, 5.41) is 41.4. The first-order valence-electron chi connectivity index (χ1n) is 6.14. The van der Waals surface area contributed by atoms with E-state index in [1.165, 1.54) is 12.5 Å². The molecule has 110 valence electrons. The van der Waals surface area contributed by atoms with Crippen LogP contribution in [0.4, 0.5) is 0 Å². The van der Waals surface area contributed by atoms with Crippen molar-refractivity contribution in [3.8, 4) is 0 Å². The molecule has 1 unspecified atom stereocenters. The van der Waals surface area contributed by atoms with Gasteiger partial charge in [0, 0.05) is 6.07 Å². The quantitative estimate of drug-likeness (QED) is 0.473.